The molecule has 3 unspecified atom stereocenters. The lowest BCUT2D eigenvalue weighted by molar-refractivity contribution is -0.149. The van der Waals surface area contributed by atoms with E-state index in [-0.39, 0.29) is 37.6 Å². The minimum absolute atomic E-state index is 0. The van der Waals surface area contributed by atoms with Crippen LogP contribution in [0.4, 0.5) is 0 Å². The zero-order valence-corrected chi connectivity index (χ0v) is 29.7. The van der Waals surface area contributed by atoms with Crippen LogP contribution >= 0.6 is 0 Å². The third-order valence-electron chi connectivity index (χ3n) is 5.57. The van der Waals surface area contributed by atoms with Crippen LogP contribution in [0.5, 0.6) is 0 Å². The molecule has 0 bridgehead atoms. The molecule has 0 saturated carbocycles. The summed E-state index contributed by atoms with van der Waals surface area (Å²) in [5, 5.41) is 24.7. The predicted octanol–water partition coefficient (Wildman–Crippen LogP) is 9.22. The van der Waals surface area contributed by atoms with Crippen molar-refractivity contribution < 1.29 is 44.0 Å². The topological polar surface area (TPSA) is 147 Å². The average Bonchev–Trinajstić information content (AvgIpc) is 3.53. The standard InChI is InChI=1S/C12H22O2.2C8H14O2.C4H8O.C3H6O2.CH4/c1-9(2)6-7-11(5)12(13)14-8-10(3)4;2*1-6(2)4-5-7(3)8(9)10;1-2-4-5-3-1;1-2-3(4)5;/h6,10-11H,7-8H2,1-5H3;2*4,7H,5H2,1-3H3,(H,9,10);1-4H2;2H2,1H3,(H,4,5);1H4. The number of allylic oxidation sites excluding steroid dienone is 6. The number of carboxylic acid groups (broad SMARTS) is 3. The lowest BCUT2D eigenvalue weighted by Gasteiger charge is -2.11. The number of carbonyl (C=O) groups is 4. The molecule has 266 valence electrons. The third kappa shape index (κ3) is 48.2. The molecular weight excluding hydrogens is 576 g/mol. The predicted molar refractivity (Wildman–Crippen MR) is 185 cm³/mol. The Kier molecular flexibility index (Phi) is 38.9. The van der Waals surface area contributed by atoms with E-state index in [1.54, 1.807) is 20.8 Å². The normalized spacial score (nSPS) is 12.8. The average molecular weight is 645 g/mol. The molecule has 1 fully saturated rings. The first-order chi connectivity index (χ1) is 20.3. The van der Waals surface area contributed by atoms with Crippen molar-refractivity contribution in [2.75, 3.05) is 19.8 Å². The van der Waals surface area contributed by atoms with E-state index in [0.29, 0.717) is 25.4 Å². The second-order valence-electron chi connectivity index (χ2n) is 12.0. The molecule has 0 spiro atoms. The summed E-state index contributed by atoms with van der Waals surface area (Å²) in [6.07, 6.45) is 10.8. The Morgan fingerprint density at radius 1 is 0.667 bits per heavy atom. The van der Waals surface area contributed by atoms with E-state index in [4.69, 9.17) is 24.8 Å². The lowest BCUT2D eigenvalue weighted by Crippen LogP contribution is -2.17. The molecule has 45 heavy (non-hydrogen) atoms. The first-order valence-corrected chi connectivity index (χ1v) is 15.6. The van der Waals surface area contributed by atoms with E-state index in [9.17, 15) is 19.2 Å². The van der Waals surface area contributed by atoms with E-state index in [2.05, 4.69) is 6.08 Å². The monoisotopic (exact) mass is 644 g/mol. The highest BCUT2D eigenvalue weighted by molar-refractivity contribution is 5.72. The quantitative estimate of drug-likeness (QED) is 0.140. The summed E-state index contributed by atoms with van der Waals surface area (Å²) in [7, 11) is 0. The van der Waals surface area contributed by atoms with Crippen LogP contribution in [-0.4, -0.2) is 59.0 Å². The van der Waals surface area contributed by atoms with Crippen LogP contribution in [0.1, 0.15) is 129 Å². The molecule has 9 nitrogen and oxygen atoms in total. The second kappa shape index (κ2) is 33.9. The number of rotatable bonds is 12. The Hall–Kier alpha value is -2.94. The van der Waals surface area contributed by atoms with Gasteiger partial charge in [0.25, 0.3) is 0 Å². The lowest BCUT2D eigenvalue weighted by atomic mass is 10.1. The van der Waals surface area contributed by atoms with Crippen molar-refractivity contribution in [2.24, 2.45) is 23.7 Å². The fraction of sp³-hybridized carbons (Fsp3) is 0.722. The molecule has 1 rings (SSSR count). The molecule has 3 atom stereocenters. The molecule has 0 aromatic rings. The van der Waals surface area contributed by atoms with Crippen molar-refractivity contribution in [3.8, 4) is 0 Å². The maximum Gasteiger partial charge on any atom is 0.308 e. The number of hydrogen-bond acceptors (Lipinski definition) is 6. The number of esters is 1. The van der Waals surface area contributed by atoms with Gasteiger partial charge in [-0.25, -0.2) is 0 Å². The number of carbonyl (C=O) groups excluding carboxylic acids is 1. The summed E-state index contributed by atoms with van der Waals surface area (Å²) >= 11 is 0. The summed E-state index contributed by atoms with van der Waals surface area (Å²) in [5.41, 5.74) is 3.59. The summed E-state index contributed by atoms with van der Waals surface area (Å²) in [5.74, 6) is -2.40. The van der Waals surface area contributed by atoms with Crippen molar-refractivity contribution in [1.82, 2.24) is 0 Å². The number of aliphatic carboxylic acids is 3. The Morgan fingerprint density at radius 2 is 0.978 bits per heavy atom. The SMILES string of the molecule is C.C1CCOC1.CC(C)=CCC(C)C(=O)O.CC(C)=CCC(C)C(=O)O.CC(C)=CCC(C)C(=O)OCC(C)C.CCC(=O)O. The van der Waals surface area contributed by atoms with Crippen molar-refractivity contribution in [2.45, 2.75) is 129 Å². The first-order valence-electron chi connectivity index (χ1n) is 15.6. The van der Waals surface area contributed by atoms with Gasteiger partial charge < -0.3 is 24.8 Å². The maximum atomic E-state index is 11.4. The van der Waals surface area contributed by atoms with Gasteiger partial charge in [-0.1, -0.05) is 83.9 Å². The van der Waals surface area contributed by atoms with Gasteiger partial charge in [0, 0.05) is 19.6 Å². The van der Waals surface area contributed by atoms with E-state index in [1.807, 2.05) is 74.5 Å². The zero-order valence-electron chi connectivity index (χ0n) is 29.7. The number of carboxylic acids is 3. The summed E-state index contributed by atoms with van der Waals surface area (Å²) in [4.78, 5) is 41.3. The second-order valence-corrected chi connectivity index (χ2v) is 12.0. The van der Waals surface area contributed by atoms with E-state index >= 15 is 0 Å². The van der Waals surface area contributed by atoms with Gasteiger partial charge in [0.1, 0.15) is 0 Å². The minimum atomic E-state index is -0.745. The van der Waals surface area contributed by atoms with Crippen molar-refractivity contribution >= 4 is 23.9 Å². The van der Waals surface area contributed by atoms with Crippen LogP contribution in [0.25, 0.3) is 0 Å². The largest absolute Gasteiger partial charge is 0.481 e. The first kappa shape index (κ1) is 51.6. The number of hydrogen-bond donors (Lipinski definition) is 3. The van der Waals surface area contributed by atoms with E-state index in [0.717, 1.165) is 19.6 Å². The van der Waals surface area contributed by atoms with Crippen LogP contribution < -0.4 is 0 Å². The van der Waals surface area contributed by atoms with Crippen molar-refractivity contribution in [3.05, 3.63) is 34.9 Å². The van der Waals surface area contributed by atoms with Gasteiger partial charge in [-0.05, 0) is 79.6 Å². The van der Waals surface area contributed by atoms with Gasteiger partial charge in [0.05, 0.1) is 24.4 Å². The maximum absolute atomic E-state index is 11.4. The van der Waals surface area contributed by atoms with Crippen LogP contribution in [0.3, 0.4) is 0 Å². The molecule has 0 aliphatic carbocycles. The zero-order chi connectivity index (χ0) is 35.3. The molecule has 3 N–H and O–H groups in total. The van der Waals surface area contributed by atoms with Gasteiger partial charge in [-0.2, -0.15) is 0 Å². The highest BCUT2D eigenvalue weighted by Gasteiger charge is 2.13. The molecule has 0 aromatic carbocycles. The molecule has 0 amide bonds. The molecule has 1 saturated heterocycles. The van der Waals surface area contributed by atoms with Gasteiger partial charge in [0.2, 0.25) is 0 Å². The Balaban J connectivity index is -0.000000154. The van der Waals surface area contributed by atoms with Crippen molar-refractivity contribution in [1.29, 1.82) is 0 Å². The smallest absolute Gasteiger partial charge is 0.308 e. The molecule has 1 heterocycles. The van der Waals surface area contributed by atoms with Gasteiger partial charge >= 0.3 is 23.9 Å². The summed E-state index contributed by atoms with van der Waals surface area (Å²) < 4.78 is 10.1. The van der Waals surface area contributed by atoms with Crippen LogP contribution in [0.15, 0.2) is 34.9 Å². The van der Waals surface area contributed by atoms with E-state index < -0.39 is 17.9 Å². The Bertz CT molecular complexity index is 810. The minimum Gasteiger partial charge on any atom is -0.481 e. The van der Waals surface area contributed by atoms with Gasteiger partial charge in [0.15, 0.2) is 0 Å². The van der Waals surface area contributed by atoms with E-state index in [1.165, 1.54) is 29.6 Å². The fourth-order valence-corrected chi connectivity index (χ4v) is 2.44. The molecule has 1 aliphatic rings. The molecular formula is C36H68O9. The number of ether oxygens (including phenoxy) is 2. The Labute approximate surface area is 275 Å². The Morgan fingerprint density at radius 3 is 1.18 bits per heavy atom. The van der Waals surface area contributed by atoms with Crippen molar-refractivity contribution in [3.63, 3.8) is 0 Å². The van der Waals surface area contributed by atoms with Crippen LogP contribution in [-0.2, 0) is 28.7 Å². The summed E-state index contributed by atoms with van der Waals surface area (Å²) in [6, 6.07) is 0. The molecule has 1 aliphatic heterocycles. The highest BCUT2D eigenvalue weighted by Crippen LogP contribution is 2.09. The molecule has 9 heteroatoms. The fourth-order valence-electron chi connectivity index (χ4n) is 2.44. The van der Waals surface area contributed by atoms with Gasteiger partial charge in [-0.15, -0.1) is 0 Å². The van der Waals surface area contributed by atoms with Crippen LogP contribution in [0.2, 0.25) is 0 Å². The highest BCUT2D eigenvalue weighted by atomic mass is 16.5. The summed E-state index contributed by atoms with van der Waals surface area (Å²) in [6.45, 7) is 25.5. The van der Waals surface area contributed by atoms with Gasteiger partial charge in [-0.3, -0.25) is 19.2 Å². The van der Waals surface area contributed by atoms with Crippen LogP contribution in [0, 0.1) is 23.7 Å². The third-order valence-corrected chi connectivity index (χ3v) is 5.57. The molecule has 0 radical (unpaired) electrons. The molecule has 0 aromatic heterocycles.